The molecule has 1 saturated heterocycles. The van der Waals surface area contributed by atoms with Gasteiger partial charge in [-0.05, 0) is 32.6 Å². The number of rotatable bonds is 4. The van der Waals surface area contributed by atoms with Crippen molar-refractivity contribution in [3.8, 4) is 0 Å². The lowest BCUT2D eigenvalue weighted by molar-refractivity contribution is -0.129. The normalized spacial score (nSPS) is 16.8. The van der Waals surface area contributed by atoms with Crippen LogP contribution in [0.25, 0.3) is 0 Å². The third kappa shape index (κ3) is 4.60. The first-order chi connectivity index (χ1) is 13.2. The number of carbonyl (C=O) groups excluding carboxylic acids is 2. The van der Waals surface area contributed by atoms with Gasteiger partial charge in [0.15, 0.2) is 0 Å². The average molecular weight is 421 g/mol. The van der Waals surface area contributed by atoms with E-state index < -0.39 is 5.41 Å². The number of hydrogen-bond acceptors (Lipinski definition) is 6. The van der Waals surface area contributed by atoms with Crippen molar-refractivity contribution in [2.45, 2.75) is 53.5 Å². The maximum absolute atomic E-state index is 12.9. The topological polar surface area (TPSA) is 75.2 Å². The third-order valence-corrected chi connectivity index (χ3v) is 7.00. The zero-order valence-electron chi connectivity index (χ0n) is 17.1. The van der Waals surface area contributed by atoms with Crippen molar-refractivity contribution >= 4 is 34.5 Å². The van der Waals surface area contributed by atoms with Crippen LogP contribution in [0.2, 0.25) is 0 Å². The van der Waals surface area contributed by atoms with Gasteiger partial charge in [-0.2, -0.15) is 0 Å². The summed E-state index contributed by atoms with van der Waals surface area (Å²) in [5, 5.41) is 7.02. The molecule has 28 heavy (non-hydrogen) atoms. The molecule has 1 fully saturated rings. The molecule has 2 amide bonds. The minimum atomic E-state index is -0.451. The molecule has 3 rings (SSSR count). The highest BCUT2D eigenvalue weighted by Gasteiger charge is 2.34. The molecule has 2 aromatic heterocycles. The number of likely N-dealkylation sites (tertiary alicyclic amines) is 1. The second-order valence-corrected chi connectivity index (χ2v) is 10.5. The zero-order valence-corrected chi connectivity index (χ0v) is 18.7. The summed E-state index contributed by atoms with van der Waals surface area (Å²) >= 11 is 3.04. The molecule has 2 aromatic rings. The van der Waals surface area contributed by atoms with Gasteiger partial charge >= 0.3 is 0 Å². The number of carbonyl (C=O) groups is 2. The quantitative estimate of drug-likeness (QED) is 0.812. The van der Waals surface area contributed by atoms with Gasteiger partial charge in [0.05, 0.1) is 16.7 Å². The monoisotopic (exact) mass is 420 g/mol. The lowest BCUT2D eigenvalue weighted by Gasteiger charge is -2.36. The number of amides is 2. The summed E-state index contributed by atoms with van der Waals surface area (Å²) in [4.78, 5) is 37.0. The SMILES string of the molecule is Cc1nc(C)c(C(=O)N2CCC(C(NC(=O)C(C)(C)C)c3nccs3)CC2)s1. The standard InChI is InChI=1S/C20H28N4O2S2/c1-12-16(28-13(2)22-12)18(25)24-9-6-14(7-10-24)15(17-21-8-11-27-17)23-19(26)20(3,4)5/h8,11,14-15H,6-7,9-10H2,1-5H3,(H,23,26). The molecule has 1 aliphatic heterocycles. The number of piperidine rings is 1. The van der Waals surface area contributed by atoms with Gasteiger partial charge in [-0.3, -0.25) is 9.59 Å². The summed E-state index contributed by atoms with van der Waals surface area (Å²) < 4.78 is 0. The fourth-order valence-corrected chi connectivity index (χ4v) is 5.10. The number of hydrogen-bond donors (Lipinski definition) is 1. The van der Waals surface area contributed by atoms with Crippen molar-refractivity contribution in [3.05, 3.63) is 32.2 Å². The second kappa shape index (κ2) is 8.29. The van der Waals surface area contributed by atoms with Crippen LogP contribution in [0.5, 0.6) is 0 Å². The first-order valence-electron chi connectivity index (χ1n) is 9.60. The summed E-state index contributed by atoms with van der Waals surface area (Å²) in [6, 6.07) is -0.101. The Labute approximate surface area is 174 Å². The predicted octanol–water partition coefficient (Wildman–Crippen LogP) is 3.97. The molecule has 3 heterocycles. The Morgan fingerprint density at radius 2 is 1.93 bits per heavy atom. The van der Waals surface area contributed by atoms with E-state index in [-0.39, 0.29) is 23.8 Å². The second-order valence-electron chi connectivity index (χ2n) is 8.35. The summed E-state index contributed by atoms with van der Waals surface area (Å²) in [5.74, 6) is 0.374. The molecule has 0 radical (unpaired) electrons. The van der Waals surface area contributed by atoms with Crippen LogP contribution in [0.4, 0.5) is 0 Å². The molecule has 152 valence electrons. The van der Waals surface area contributed by atoms with E-state index in [4.69, 9.17) is 0 Å². The van der Waals surface area contributed by atoms with E-state index in [1.165, 1.54) is 11.3 Å². The van der Waals surface area contributed by atoms with E-state index in [0.717, 1.165) is 33.4 Å². The van der Waals surface area contributed by atoms with Crippen molar-refractivity contribution in [2.24, 2.45) is 11.3 Å². The Morgan fingerprint density at radius 3 is 2.43 bits per heavy atom. The van der Waals surface area contributed by atoms with Crippen molar-refractivity contribution in [3.63, 3.8) is 0 Å². The van der Waals surface area contributed by atoms with Gasteiger partial charge in [0.25, 0.3) is 5.91 Å². The minimum absolute atomic E-state index is 0.0296. The zero-order chi connectivity index (χ0) is 20.5. The molecule has 1 unspecified atom stereocenters. The third-order valence-electron chi connectivity index (χ3n) is 5.08. The van der Waals surface area contributed by atoms with Gasteiger partial charge in [0.1, 0.15) is 9.88 Å². The van der Waals surface area contributed by atoms with Crippen molar-refractivity contribution in [2.75, 3.05) is 13.1 Å². The van der Waals surface area contributed by atoms with Gasteiger partial charge in [-0.1, -0.05) is 20.8 Å². The molecule has 0 bridgehead atoms. The molecule has 1 aliphatic rings. The number of thiazole rings is 2. The minimum Gasteiger partial charge on any atom is -0.346 e. The largest absolute Gasteiger partial charge is 0.346 e. The molecule has 1 atom stereocenters. The lowest BCUT2D eigenvalue weighted by Crippen LogP contribution is -2.45. The van der Waals surface area contributed by atoms with Crippen LogP contribution in [0.3, 0.4) is 0 Å². The molecule has 0 aliphatic carbocycles. The van der Waals surface area contributed by atoms with E-state index in [9.17, 15) is 9.59 Å². The Morgan fingerprint density at radius 1 is 1.25 bits per heavy atom. The Bertz CT molecular complexity index is 831. The van der Waals surface area contributed by atoms with E-state index in [0.29, 0.717) is 13.1 Å². The average Bonchev–Trinajstić information content (AvgIpc) is 3.27. The summed E-state index contributed by atoms with van der Waals surface area (Å²) in [5.41, 5.74) is 0.362. The van der Waals surface area contributed by atoms with E-state index in [1.54, 1.807) is 17.5 Å². The first-order valence-corrected chi connectivity index (χ1v) is 11.3. The van der Waals surface area contributed by atoms with Gasteiger partial charge in [-0.25, -0.2) is 9.97 Å². The van der Waals surface area contributed by atoms with Crippen molar-refractivity contribution in [1.29, 1.82) is 0 Å². The summed E-state index contributed by atoms with van der Waals surface area (Å²) in [7, 11) is 0. The van der Waals surface area contributed by atoms with Crippen LogP contribution >= 0.6 is 22.7 Å². The van der Waals surface area contributed by atoms with Crippen LogP contribution in [0.1, 0.15) is 65.0 Å². The van der Waals surface area contributed by atoms with Crippen LogP contribution in [0.15, 0.2) is 11.6 Å². The Balaban J connectivity index is 1.69. The van der Waals surface area contributed by atoms with Crippen molar-refractivity contribution in [1.82, 2.24) is 20.2 Å². The molecule has 0 spiro atoms. The Hall–Kier alpha value is -1.80. The molecular weight excluding hydrogens is 392 g/mol. The molecular formula is C20H28N4O2S2. The smallest absolute Gasteiger partial charge is 0.265 e. The van der Waals surface area contributed by atoms with Gasteiger partial charge in [0.2, 0.25) is 5.91 Å². The molecule has 0 saturated carbocycles. The van der Waals surface area contributed by atoms with Crippen LogP contribution in [-0.4, -0.2) is 39.8 Å². The fourth-order valence-electron chi connectivity index (χ4n) is 3.44. The Kier molecular flexibility index (Phi) is 6.19. The van der Waals surface area contributed by atoms with E-state index in [1.807, 2.05) is 44.9 Å². The van der Waals surface area contributed by atoms with Gasteiger partial charge in [-0.15, -0.1) is 22.7 Å². The molecule has 6 nitrogen and oxygen atoms in total. The van der Waals surface area contributed by atoms with Gasteiger partial charge < -0.3 is 10.2 Å². The maximum Gasteiger partial charge on any atom is 0.265 e. The number of nitrogens with zero attached hydrogens (tertiary/aromatic N) is 3. The molecule has 1 N–H and O–H groups in total. The molecule has 0 aromatic carbocycles. The fraction of sp³-hybridized carbons (Fsp3) is 0.600. The lowest BCUT2D eigenvalue weighted by atomic mass is 9.87. The highest BCUT2D eigenvalue weighted by Crippen LogP contribution is 2.34. The van der Waals surface area contributed by atoms with Crippen LogP contribution in [-0.2, 0) is 4.79 Å². The summed E-state index contributed by atoms with van der Waals surface area (Å²) in [6.45, 7) is 11.0. The van der Waals surface area contributed by atoms with Crippen LogP contribution in [0, 0.1) is 25.2 Å². The first kappa shape index (κ1) is 20.9. The molecule has 8 heteroatoms. The van der Waals surface area contributed by atoms with E-state index in [2.05, 4.69) is 15.3 Å². The van der Waals surface area contributed by atoms with Crippen LogP contribution < -0.4 is 5.32 Å². The van der Waals surface area contributed by atoms with Gasteiger partial charge in [0, 0.05) is 30.1 Å². The van der Waals surface area contributed by atoms with Crippen molar-refractivity contribution < 1.29 is 9.59 Å². The number of aryl methyl sites for hydroxylation is 2. The highest BCUT2D eigenvalue weighted by molar-refractivity contribution is 7.13. The number of aromatic nitrogens is 2. The number of nitrogens with one attached hydrogen (secondary N) is 1. The predicted molar refractivity (Wildman–Crippen MR) is 113 cm³/mol. The highest BCUT2D eigenvalue weighted by atomic mass is 32.1. The summed E-state index contributed by atoms with van der Waals surface area (Å²) in [6.07, 6.45) is 3.47. The van der Waals surface area contributed by atoms with E-state index >= 15 is 0 Å². The maximum atomic E-state index is 12.9.